The monoisotopic (exact) mass is 284 g/mol. The average molecular weight is 284 g/mol. The number of benzene rings is 2. The van der Waals surface area contributed by atoms with Crippen molar-refractivity contribution in [3.8, 4) is 11.5 Å². The van der Waals surface area contributed by atoms with Gasteiger partial charge in [-0.2, -0.15) is 0 Å². The summed E-state index contributed by atoms with van der Waals surface area (Å²) in [6.07, 6.45) is 0. The average Bonchev–Trinajstić information content (AvgIpc) is 2.44. The first-order chi connectivity index (χ1) is 10.0. The number of hydrogen-bond donors (Lipinski definition) is 1. The predicted molar refractivity (Wildman–Crippen MR) is 81.0 cm³/mol. The van der Waals surface area contributed by atoms with Crippen LogP contribution >= 0.6 is 0 Å². The van der Waals surface area contributed by atoms with Gasteiger partial charge in [0.1, 0.15) is 11.6 Å². The molecule has 0 saturated carbocycles. The summed E-state index contributed by atoms with van der Waals surface area (Å²) >= 11 is 0. The molecule has 21 heavy (non-hydrogen) atoms. The van der Waals surface area contributed by atoms with E-state index in [0.717, 1.165) is 11.6 Å². The van der Waals surface area contributed by atoms with Gasteiger partial charge in [-0.25, -0.2) is 9.24 Å². The van der Waals surface area contributed by atoms with E-state index in [4.69, 9.17) is 17.0 Å². The van der Waals surface area contributed by atoms with Gasteiger partial charge in [0, 0.05) is 18.2 Å². The summed E-state index contributed by atoms with van der Waals surface area (Å²) in [6.45, 7) is 7.56. The zero-order valence-corrected chi connectivity index (χ0v) is 11.9. The van der Waals surface area contributed by atoms with Crippen LogP contribution in [0.25, 0.3) is 4.85 Å². The first-order valence-corrected chi connectivity index (χ1v) is 6.38. The summed E-state index contributed by atoms with van der Waals surface area (Å²) in [5.74, 6) is 0.193. The largest absolute Gasteiger partial charge is 0.455 e. The summed E-state index contributed by atoms with van der Waals surface area (Å²) in [5.41, 5.74) is 6.92. The van der Waals surface area contributed by atoms with Crippen LogP contribution in [0.2, 0.25) is 0 Å². The smallest absolute Gasteiger partial charge is 0.224 e. The van der Waals surface area contributed by atoms with E-state index in [0.29, 0.717) is 12.3 Å². The lowest BCUT2D eigenvalue weighted by Gasteiger charge is -2.16. The van der Waals surface area contributed by atoms with Gasteiger partial charge in [0.25, 0.3) is 0 Å². The fraction of sp³-hybridized carbons (Fsp3) is 0.188. The van der Waals surface area contributed by atoms with Crippen molar-refractivity contribution in [3.63, 3.8) is 0 Å². The van der Waals surface area contributed by atoms with Crippen molar-refractivity contribution >= 4 is 11.4 Å². The molecule has 2 aromatic carbocycles. The van der Waals surface area contributed by atoms with Gasteiger partial charge >= 0.3 is 0 Å². The zero-order chi connectivity index (χ0) is 15.4. The molecule has 0 spiro atoms. The number of anilines is 1. The molecular formula is C16H16FN3O. The first-order valence-electron chi connectivity index (χ1n) is 6.38. The Kier molecular flexibility index (Phi) is 4.41. The lowest BCUT2D eigenvalue weighted by molar-refractivity contribution is 0.388. The Labute approximate surface area is 123 Å². The second-order valence-electron chi connectivity index (χ2n) is 4.90. The van der Waals surface area contributed by atoms with Crippen LogP contribution in [0, 0.1) is 12.4 Å². The number of nitrogens with two attached hydrogens (primary N) is 1. The molecular weight excluding hydrogens is 268 g/mol. The van der Waals surface area contributed by atoms with Crippen LogP contribution in [0.4, 0.5) is 15.8 Å². The maximum Gasteiger partial charge on any atom is 0.224 e. The predicted octanol–water partition coefficient (Wildman–Crippen LogP) is 3.81. The minimum Gasteiger partial charge on any atom is -0.455 e. The zero-order valence-electron chi connectivity index (χ0n) is 11.9. The Hall–Kier alpha value is -2.58. The van der Waals surface area contributed by atoms with Gasteiger partial charge < -0.3 is 15.4 Å². The highest BCUT2D eigenvalue weighted by atomic mass is 18.2. The van der Waals surface area contributed by atoms with Gasteiger partial charge in [-0.15, -0.1) is 0 Å². The number of hydrogen-bond acceptors (Lipinski definition) is 3. The van der Waals surface area contributed by atoms with Gasteiger partial charge in [-0.3, -0.25) is 0 Å². The topological polar surface area (TPSA) is 42.9 Å². The van der Waals surface area contributed by atoms with Gasteiger partial charge in [-0.1, -0.05) is 18.2 Å². The summed E-state index contributed by atoms with van der Waals surface area (Å²) in [7, 11) is 3.91. The molecule has 0 aliphatic rings. The Bertz CT molecular complexity index is 692. The van der Waals surface area contributed by atoms with Crippen molar-refractivity contribution in [2.75, 3.05) is 19.8 Å². The molecule has 0 bridgehead atoms. The molecule has 0 aromatic heterocycles. The summed E-state index contributed by atoms with van der Waals surface area (Å²) in [5, 5.41) is 0. The third-order valence-corrected chi connectivity index (χ3v) is 2.88. The van der Waals surface area contributed by atoms with E-state index in [-0.39, 0.29) is 17.1 Å². The van der Waals surface area contributed by atoms with Gasteiger partial charge in [0.15, 0.2) is 5.75 Å². The minimum atomic E-state index is -0.640. The first kappa shape index (κ1) is 14.8. The SMILES string of the molecule is [C-]#[N+]c1cc(N)c(Oc2ccccc2CN(C)C)cc1[18F]. The normalized spacial score (nSPS) is 10.4. The molecule has 0 unspecified atom stereocenters. The second-order valence-corrected chi connectivity index (χ2v) is 4.90. The van der Waals surface area contributed by atoms with E-state index >= 15 is 0 Å². The van der Waals surface area contributed by atoms with Crippen LogP contribution in [0.3, 0.4) is 0 Å². The van der Waals surface area contributed by atoms with Crippen molar-refractivity contribution in [1.82, 2.24) is 4.90 Å². The van der Waals surface area contributed by atoms with E-state index in [1.54, 1.807) is 6.07 Å². The Morgan fingerprint density at radius 3 is 2.62 bits per heavy atom. The molecule has 0 aliphatic heterocycles. The lowest BCUT2D eigenvalue weighted by atomic mass is 10.2. The second kappa shape index (κ2) is 6.25. The maximum atomic E-state index is 13.7. The fourth-order valence-electron chi connectivity index (χ4n) is 1.93. The van der Waals surface area contributed by atoms with Crippen molar-refractivity contribution < 1.29 is 9.13 Å². The van der Waals surface area contributed by atoms with Gasteiger partial charge in [0.05, 0.1) is 12.3 Å². The van der Waals surface area contributed by atoms with Crippen LogP contribution in [0.5, 0.6) is 11.5 Å². The number of nitrogens with zero attached hydrogens (tertiary/aromatic N) is 2. The molecule has 0 aliphatic carbocycles. The van der Waals surface area contributed by atoms with Crippen LogP contribution in [0.15, 0.2) is 36.4 Å². The van der Waals surface area contributed by atoms with Crippen LogP contribution in [-0.4, -0.2) is 19.0 Å². The maximum absolute atomic E-state index is 13.7. The molecule has 0 heterocycles. The number of nitrogen functional groups attached to an aromatic ring is 1. The summed E-state index contributed by atoms with van der Waals surface area (Å²) in [6, 6.07) is 9.93. The molecule has 2 N–H and O–H groups in total. The van der Waals surface area contributed by atoms with E-state index < -0.39 is 5.82 Å². The highest BCUT2D eigenvalue weighted by molar-refractivity contribution is 5.64. The standard InChI is InChI=1S/C16H16FN3O/c1-19-14-9-13(18)16(8-12(14)17)21-15-7-5-4-6-11(15)10-20(2)3/h4-9H,10,18H2,2-3H3/i17-1. The van der Waals surface area contributed by atoms with Crippen molar-refractivity contribution in [3.05, 3.63) is 59.2 Å². The number of halogens is 1. The lowest BCUT2D eigenvalue weighted by Crippen LogP contribution is -2.11. The molecule has 2 aromatic rings. The highest BCUT2D eigenvalue weighted by Gasteiger charge is 2.12. The number of rotatable bonds is 4. The molecule has 2 rings (SSSR count). The van der Waals surface area contributed by atoms with Gasteiger partial charge in [-0.05, 0) is 26.2 Å². The molecule has 0 fully saturated rings. The van der Waals surface area contributed by atoms with E-state index in [1.165, 1.54) is 6.07 Å². The summed E-state index contributed by atoms with van der Waals surface area (Å²) < 4.78 is 19.4. The number of ether oxygens (including phenoxy) is 1. The third kappa shape index (κ3) is 3.50. The summed E-state index contributed by atoms with van der Waals surface area (Å²) in [4.78, 5) is 5.08. The van der Waals surface area contributed by atoms with E-state index in [2.05, 4.69) is 4.85 Å². The number of para-hydroxylation sites is 1. The molecule has 5 heteroatoms. The molecule has 0 saturated heterocycles. The molecule has 4 nitrogen and oxygen atoms in total. The Balaban J connectivity index is 2.35. The van der Waals surface area contributed by atoms with Crippen LogP contribution < -0.4 is 10.5 Å². The van der Waals surface area contributed by atoms with Crippen LogP contribution in [0.1, 0.15) is 5.56 Å². The quantitative estimate of drug-likeness (QED) is 0.685. The van der Waals surface area contributed by atoms with Gasteiger partial charge in [0.2, 0.25) is 5.69 Å². The Morgan fingerprint density at radius 2 is 1.95 bits per heavy atom. The van der Waals surface area contributed by atoms with E-state index in [1.807, 2.05) is 37.2 Å². The molecule has 0 radical (unpaired) electrons. The third-order valence-electron chi connectivity index (χ3n) is 2.88. The Morgan fingerprint density at radius 1 is 1.24 bits per heavy atom. The molecule has 108 valence electrons. The van der Waals surface area contributed by atoms with Crippen molar-refractivity contribution in [1.29, 1.82) is 0 Å². The van der Waals surface area contributed by atoms with Crippen LogP contribution in [-0.2, 0) is 6.54 Å². The molecule has 0 amide bonds. The molecule has 0 atom stereocenters. The van der Waals surface area contributed by atoms with Crippen molar-refractivity contribution in [2.24, 2.45) is 0 Å². The highest BCUT2D eigenvalue weighted by Crippen LogP contribution is 2.34. The van der Waals surface area contributed by atoms with Crippen molar-refractivity contribution in [2.45, 2.75) is 6.54 Å². The fourth-order valence-corrected chi connectivity index (χ4v) is 1.93. The minimum absolute atomic E-state index is 0.110. The van der Waals surface area contributed by atoms with E-state index in [9.17, 15) is 4.39 Å².